The van der Waals surface area contributed by atoms with Gasteiger partial charge in [0, 0.05) is 22.6 Å². The second-order valence-electron chi connectivity index (χ2n) is 7.12. The number of hydrogen-bond donors (Lipinski definition) is 1. The number of amides is 1. The van der Waals surface area contributed by atoms with E-state index in [1.165, 1.54) is 28.6 Å². The van der Waals surface area contributed by atoms with Crippen LogP contribution in [0.5, 0.6) is 0 Å². The smallest absolute Gasteiger partial charge is 0.243 e. The van der Waals surface area contributed by atoms with Crippen LogP contribution in [-0.2, 0) is 27.9 Å². The van der Waals surface area contributed by atoms with E-state index in [2.05, 4.69) is 21.2 Å². The maximum Gasteiger partial charge on any atom is 0.243 e. The first-order chi connectivity index (χ1) is 14.7. The lowest BCUT2D eigenvalue weighted by Crippen LogP contribution is -2.40. The Bertz CT molecular complexity index is 1130. The van der Waals surface area contributed by atoms with Gasteiger partial charge >= 0.3 is 0 Å². The Labute approximate surface area is 196 Å². The van der Waals surface area contributed by atoms with Crippen LogP contribution in [0.3, 0.4) is 0 Å². The van der Waals surface area contributed by atoms with Crippen LogP contribution in [0.25, 0.3) is 0 Å². The molecular weight excluding hydrogens is 500 g/mol. The lowest BCUT2D eigenvalue weighted by molar-refractivity contribution is -0.121. The monoisotopic (exact) mass is 520 g/mol. The molecule has 0 aliphatic carbocycles. The van der Waals surface area contributed by atoms with E-state index in [0.29, 0.717) is 11.6 Å². The van der Waals surface area contributed by atoms with Crippen molar-refractivity contribution in [2.24, 2.45) is 0 Å². The zero-order valence-electron chi connectivity index (χ0n) is 16.9. The lowest BCUT2D eigenvalue weighted by Gasteiger charge is -2.22. The van der Waals surface area contributed by atoms with Gasteiger partial charge in [-0.25, -0.2) is 8.42 Å². The van der Waals surface area contributed by atoms with Crippen LogP contribution in [0.4, 0.5) is 0 Å². The van der Waals surface area contributed by atoms with Crippen LogP contribution >= 0.6 is 27.5 Å². The lowest BCUT2D eigenvalue weighted by atomic mass is 10.1. The van der Waals surface area contributed by atoms with Crippen molar-refractivity contribution in [1.29, 1.82) is 0 Å². The Kier molecular flexibility index (Phi) is 7.89. The van der Waals surface area contributed by atoms with Gasteiger partial charge in [-0.3, -0.25) is 4.79 Å². The molecule has 0 saturated heterocycles. The molecule has 0 atom stereocenters. The van der Waals surface area contributed by atoms with Crippen LogP contribution in [0, 0.1) is 6.92 Å². The normalized spacial score (nSPS) is 11.5. The van der Waals surface area contributed by atoms with E-state index in [-0.39, 0.29) is 23.9 Å². The van der Waals surface area contributed by atoms with Crippen LogP contribution < -0.4 is 5.32 Å². The Morgan fingerprint density at radius 3 is 2.13 bits per heavy atom. The molecule has 0 aromatic heterocycles. The summed E-state index contributed by atoms with van der Waals surface area (Å²) in [6.45, 7) is 2.08. The van der Waals surface area contributed by atoms with Crippen molar-refractivity contribution >= 4 is 43.5 Å². The fraction of sp³-hybridized carbons (Fsp3) is 0.174. The zero-order valence-corrected chi connectivity index (χ0v) is 20.0. The fourth-order valence-electron chi connectivity index (χ4n) is 2.90. The van der Waals surface area contributed by atoms with Gasteiger partial charge in [0.2, 0.25) is 15.9 Å². The highest BCUT2D eigenvalue weighted by Gasteiger charge is 2.27. The topological polar surface area (TPSA) is 66.5 Å². The molecule has 1 amide bonds. The second kappa shape index (κ2) is 10.4. The third-order valence-electron chi connectivity index (χ3n) is 4.65. The van der Waals surface area contributed by atoms with Crippen molar-refractivity contribution in [2.45, 2.75) is 24.9 Å². The Balaban J connectivity index is 1.79. The van der Waals surface area contributed by atoms with E-state index in [1.807, 2.05) is 55.5 Å². The standard InChI is InChI=1S/C23H22BrClN2O3S/c1-17-2-4-18(5-3-17)14-26-23(28)16-27(15-19-6-8-20(24)9-7-19)31(29,30)22-12-10-21(25)11-13-22/h2-13H,14-16H2,1H3,(H,26,28). The number of benzene rings is 3. The molecule has 3 rings (SSSR count). The summed E-state index contributed by atoms with van der Waals surface area (Å²) in [4.78, 5) is 12.7. The van der Waals surface area contributed by atoms with Crippen LogP contribution in [0.2, 0.25) is 5.02 Å². The molecule has 31 heavy (non-hydrogen) atoms. The molecule has 0 bridgehead atoms. The van der Waals surface area contributed by atoms with Gasteiger partial charge in [0.1, 0.15) is 0 Å². The molecule has 1 N–H and O–H groups in total. The van der Waals surface area contributed by atoms with Gasteiger partial charge in [0.15, 0.2) is 0 Å². The summed E-state index contributed by atoms with van der Waals surface area (Å²) < 4.78 is 28.6. The number of aryl methyl sites for hydroxylation is 1. The van der Waals surface area contributed by atoms with Crippen molar-refractivity contribution in [2.75, 3.05) is 6.54 Å². The zero-order chi connectivity index (χ0) is 22.4. The van der Waals surface area contributed by atoms with Gasteiger partial charge in [-0.1, -0.05) is 69.5 Å². The molecule has 3 aromatic rings. The average Bonchev–Trinajstić information content (AvgIpc) is 2.74. The molecular formula is C23H22BrClN2O3S. The molecule has 5 nitrogen and oxygen atoms in total. The second-order valence-corrected chi connectivity index (χ2v) is 10.4. The fourth-order valence-corrected chi connectivity index (χ4v) is 4.67. The number of carbonyl (C=O) groups is 1. The van der Waals surface area contributed by atoms with Gasteiger partial charge in [-0.05, 0) is 54.4 Å². The Morgan fingerprint density at radius 2 is 1.52 bits per heavy atom. The van der Waals surface area contributed by atoms with Gasteiger partial charge in [0.25, 0.3) is 0 Å². The number of hydrogen-bond acceptors (Lipinski definition) is 3. The van der Waals surface area contributed by atoms with E-state index >= 15 is 0 Å². The van der Waals surface area contributed by atoms with Crippen LogP contribution in [0.1, 0.15) is 16.7 Å². The first-order valence-electron chi connectivity index (χ1n) is 9.56. The van der Waals surface area contributed by atoms with E-state index in [4.69, 9.17) is 11.6 Å². The third-order valence-corrected chi connectivity index (χ3v) is 7.24. The first kappa shape index (κ1) is 23.5. The van der Waals surface area contributed by atoms with Crippen molar-refractivity contribution in [3.05, 3.63) is 99.0 Å². The molecule has 0 fully saturated rings. The number of nitrogens with zero attached hydrogens (tertiary/aromatic N) is 1. The first-order valence-corrected chi connectivity index (χ1v) is 12.2. The van der Waals surface area contributed by atoms with E-state index in [0.717, 1.165) is 21.2 Å². The minimum Gasteiger partial charge on any atom is -0.351 e. The van der Waals surface area contributed by atoms with Gasteiger partial charge < -0.3 is 5.32 Å². The molecule has 0 spiro atoms. The van der Waals surface area contributed by atoms with E-state index in [9.17, 15) is 13.2 Å². The number of carbonyl (C=O) groups excluding carboxylic acids is 1. The summed E-state index contributed by atoms with van der Waals surface area (Å²) in [5.41, 5.74) is 2.84. The van der Waals surface area contributed by atoms with Gasteiger partial charge in [-0.2, -0.15) is 4.31 Å². The molecule has 0 aliphatic rings. The van der Waals surface area contributed by atoms with Gasteiger partial charge in [0.05, 0.1) is 11.4 Å². The summed E-state index contributed by atoms with van der Waals surface area (Å²) in [5, 5.41) is 3.24. The predicted molar refractivity (Wildman–Crippen MR) is 126 cm³/mol. The number of halogens is 2. The molecule has 0 aliphatic heterocycles. The molecule has 0 saturated carbocycles. The SMILES string of the molecule is Cc1ccc(CNC(=O)CN(Cc2ccc(Br)cc2)S(=O)(=O)c2ccc(Cl)cc2)cc1. The number of sulfonamides is 1. The van der Waals surface area contributed by atoms with Crippen LogP contribution in [0.15, 0.2) is 82.2 Å². The van der Waals surface area contributed by atoms with Crippen molar-refractivity contribution in [3.63, 3.8) is 0 Å². The average molecular weight is 522 g/mol. The van der Waals surface area contributed by atoms with Crippen molar-refractivity contribution in [1.82, 2.24) is 9.62 Å². The minimum atomic E-state index is -3.91. The maximum absolute atomic E-state index is 13.3. The molecule has 8 heteroatoms. The Morgan fingerprint density at radius 1 is 0.935 bits per heavy atom. The highest BCUT2D eigenvalue weighted by Crippen LogP contribution is 2.21. The highest BCUT2D eigenvalue weighted by molar-refractivity contribution is 9.10. The quantitative estimate of drug-likeness (QED) is 0.458. The largest absolute Gasteiger partial charge is 0.351 e. The van der Waals surface area contributed by atoms with E-state index < -0.39 is 10.0 Å². The maximum atomic E-state index is 13.3. The summed E-state index contributed by atoms with van der Waals surface area (Å²) in [5.74, 6) is -0.379. The minimum absolute atomic E-state index is 0.0657. The van der Waals surface area contributed by atoms with E-state index in [1.54, 1.807) is 0 Å². The van der Waals surface area contributed by atoms with Crippen LogP contribution in [-0.4, -0.2) is 25.2 Å². The summed E-state index contributed by atoms with van der Waals surface area (Å²) in [7, 11) is -3.91. The molecule has 0 unspecified atom stereocenters. The summed E-state index contributed by atoms with van der Waals surface area (Å²) in [6, 6.07) is 21.0. The Hall–Kier alpha value is -2.19. The van der Waals surface area contributed by atoms with Crippen molar-refractivity contribution < 1.29 is 13.2 Å². The van der Waals surface area contributed by atoms with Gasteiger partial charge in [-0.15, -0.1) is 0 Å². The number of nitrogens with one attached hydrogen (secondary N) is 1. The van der Waals surface area contributed by atoms with Crippen molar-refractivity contribution in [3.8, 4) is 0 Å². The summed E-state index contributed by atoms with van der Waals surface area (Å²) >= 11 is 9.28. The predicted octanol–water partition coefficient (Wildman–Crippen LogP) is 4.92. The number of rotatable bonds is 8. The molecule has 3 aromatic carbocycles. The third kappa shape index (κ3) is 6.64. The molecule has 0 radical (unpaired) electrons. The highest BCUT2D eigenvalue weighted by atomic mass is 79.9. The summed E-state index contributed by atoms with van der Waals surface area (Å²) in [6.07, 6.45) is 0. The molecule has 0 heterocycles. The molecule has 162 valence electrons.